The van der Waals surface area contributed by atoms with Gasteiger partial charge in [0.25, 0.3) is 5.91 Å². The molecule has 1 heterocycles. The summed E-state index contributed by atoms with van der Waals surface area (Å²) >= 11 is 0. The second-order valence-electron chi connectivity index (χ2n) is 7.37. The van der Waals surface area contributed by atoms with Crippen molar-refractivity contribution in [3.05, 3.63) is 95.6 Å². The Hall–Kier alpha value is -3.67. The molecule has 3 aromatic carbocycles. The molecule has 0 atom stereocenters. The molecule has 1 aromatic heterocycles. The van der Waals surface area contributed by atoms with Crippen LogP contribution >= 0.6 is 0 Å². The van der Waals surface area contributed by atoms with Gasteiger partial charge in [-0.3, -0.25) is 4.79 Å². The van der Waals surface area contributed by atoms with Crippen molar-refractivity contribution in [3.8, 4) is 5.75 Å². The van der Waals surface area contributed by atoms with Gasteiger partial charge in [-0.1, -0.05) is 30.3 Å². The number of hydrogen-bond donors (Lipinski definition) is 0. The number of amides is 1. The third kappa shape index (κ3) is 4.58. The first kappa shape index (κ1) is 20.6. The molecular weight excluding hydrogens is 393 g/mol. The third-order valence-electron chi connectivity index (χ3n) is 5.17. The van der Waals surface area contributed by atoms with Crippen molar-refractivity contribution in [2.75, 3.05) is 7.05 Å². The van der Waals surface area contributed by atoms with Gasteiger partial charge in [0.1, 0.15) is 24.0 Å². The van der Waals surface area contributed by atoms with Crippen LogP contribution in [-0.2, 0) is 19.7 Å². The maximum Gasteiger partial charge on any atom is 0.254 e. The lowest BCUT2D eigenvalue weighted by Gasteiger charge is -2.18. The number of carbonyl (C=O) groups is 1. The minimum atomic E-state index is -0.281. The van der Waals surface area contributed by atoms with Gasteiger partial charge in [-0.15, -0.1) is 0 Å². The fraction of sp³-hybridized carbons (Fsp3) is 0.200. The van der Waals surface area contributed by atoms with Crippen molar-refractivity contribution in [3.63, 3.8) is 0 Å². The van der Waals surface area contributed by atoms with Gasteiger partial charge in [-0.2, -0.15) is 0 Å². The van der Waals surface area contributed by atoms with Crippen molar-refractivity contribution in [1.82, 2.24) is 14.5 Å². The minimum absolute atomic E-state index is 0.109. The molecule has 0 N–H and O–H groups in total. The van der Waals surface area contributed by atoms with E-state index in [1.807, 2.05) is 24.3 Å². The highest BCUT2D eigenvalue weighted by Gasteiger charge is 2.17. The van der Waals surface area contributed by atoms with E-state index < -0.39 is 0 Å². The molecule has 0 saturated carbocycles. The van der Waals surface area contributed by atoms with Crippen LogP contribution in [0.4, 0.5) is 4.39 Å². The van der Waals surface area contributed by atoms with Crippen molar-refractivity contribution >= 4 is 16.9 Å². The van der Waals surface area contributed by atoms with E-state index in [0.717, 1.165) is 29.0 Å². The number of hydrogen-bond acceptors (Lipinski definition) is 3. The molecular formula is C25H24FN3O2. The van der Waals surface area contributed by atoms with Crippen LogP contribution in [0.1, 0.15) is 28.7 Å². The van der Waals surface area contributed by atoms with Crippen molar-refractivity contribution in [2.45, 2.75) is 26.6 Å². The standard InChI is InChI=1S/C25H24FN3O2/c1-3-29-23-10-5-4-9-22(23)27-24(29)16-28(2)25(30)19-7-6-8-21(15-19)31-17-18-11-13-20(26)14-12-18/h4-15H,3,16-17H2,1-2H3. The largest absolute Gasteiger partial charge is 0.489 e. The van der Waals surface area contributed by atoms with Crippen LogP contribution in [-0.4, -0.2) is 27.4 Å². The Morgan fingerprint density at radius 1 is 1.06 bits per heavy atom. The maximum atomic E-state index is 13.0. The van der Waals surface area contributed by atoms with E-state index >= 15 is 0 Å². The lowest BCUT2D eigenvalue weighted by atomic mass is 10.2. The lowest BCUT2D eigenvalue weighted by Crippen LogP contribution is -2.27. The molecule has 0 aliphatic heterocycles. The summed E-state index contributed by atoms with van der Waals surface area (Å²) in [6.07, 6.45) is 0. The summed E-state index contributed by atoms with van der Waals surface area (Å²) in [5.74, 6) is 1.05. The minimum Gasteiger partial charge on any atom is -0.489 e. The summed E-state index contributed by atoms with van der Waals surface area (Å²) in [7, 11) is 1.77. The van der Waals surface area contributed by atoms with Gasteiger partial charge in [-0.05, 0) is 55.0 Å². The summed E-state index contributed by atoms with van der Waals surface area (Å²) in [5.41, 5.74) is 3.39. The quantitative estimate of drug-likeness (QED) is 0.423. The smallest absolute Gasteiger partial charge is 0.254 e. The summed E-state index contributed by atoms with van der Waals surface area (Å²) in [6.45, 7) is 3.56. The zero-order valence-corrected chi connectivity index (χ0v) is 17.6. The van der Waals surface area contributed by atoms with Gasteiger partial charge in [0, 0.05) is 19.2 Å². The molecule has 0 aliphatic carbocycles. The summed E-state index contributed by atoms with van der Waals surface area (Å²) in [4.78, 5) is 19.4. The number of rotatable bonds is 7. The monoisotopic (exact) mass is 417 g/mol. The average molecular weight is 417 g/mol. The molecule has 0 bridgehead atoms. The van der Waals surface area contributed by atoms with E-state index in [1.165, 1.54) is 12.1 Å². The van der Waals surface area contributed by atoms with Gasteiger partial charge >= 0.3 is 0 Å². The molecule has 1 amide bonds. The van der Waals surface area contributed by atoms with Gasteiger partial charge in [0.15, 0.2) is 0 Å². The number of ether oxygens (including phenoxy) is 1. The number of imidazole rings is 1. The number of carbonyl (C=O) groups excluding carboxylic acids is 1. The van der Waals surface area contributed by atoms with E-state index in [0.29, 0.717) is 24.5 Å². The Bertz CT molecular complexity index is 1200. The molecule has 0 spiro atoms. The fourth-order valence-corrected chi connectivity index (χ4v) is 3.57. The molecule has 0 aliphatic rings. The topological polar surface area (TPSA) is 47.4 Å². The SMILES string of the molecule is CCn1c(CN(C)C(=O)c2cccc(OCc3ccc(F)cc3)c2)nc2ccccc21. The second-order valence-corrected chi connectivity index (χ2v) is 7.37. The number of aryl methyl sites for hydroxylation is 1. The molecule has 0 saturated heterocycles. The third-order valence-corrected chi connectivity index (χ3v) is 5.17. The van der Waals surface area contributed by atoms with Crippen LogP contribution in [0.15, 0.2) is 72.8 Å². The molecule has 4 aromatic rings. The van der Waals surface area contributed by atoms with E-state index in [1.54, 1.807) is 48.3 Å². The van der Waals surface area contributed by atoms with Crippen molar-refractivity contribution in [1.29, 1.82) is 0 Å². The molecule has 0 radical (unpaired) electrons. The van der Waals surface area contributed by atoms with E-state index in [-0.39, 0.29) is 11.7 Å². The summed E-state index contributed by atoms with van der Waals surface area (Å²) < 4.78 is 21.0. The Kier molecular flexibility index (Phi) is 5.98. The fourth-order valence-electron chi connectivity index (χ4n) is 3.57. The highest BCUT2D eigenvalue weighted by molar-refractivity contribution is 5.94. The Balaban J connectivity index is 1.46. The molecule has 4 rings (SSSR count). The number of nitrogens with zero attached hydrogens (tertiary/aromatic N) is 3. The highest BCUT2D eigenvalue weighted by atomic mass is 19.1. The summed E-state index contributed by atoms with van der Waals surface area (Å²) in [6, 6.07) is 21.2. The van der Waals surface area contributed by atoms with E-state index in [4.69, 9.17) is 9.72 Å². The predicted octanol–water partition coefficient (Wildman–Crippen LogP) is 5.05. The number of halogens is 1. The first-order valence-electron chi connectivity index (χ1n) is 10.2. The zero-order valence-electron chi connectivity index (χ0n) is 17.6. The van der Waals surface area contributed by atoms with Crippen LogP contribution in [0.2, 0.25) is 0 Å². The number of benzene rings is 3. The Morgan fingerprint density at radius 2 is 1.84 bits per heavy atom. The van der Waals surface area contributed by atoms with Crippen LogP contribution < -0.4 is 4.74 Å². The molecule has 31 heavy (non-hydrogen) atoms. The predicted molar refractivity (Wildman–Crippen MR) is 118 cm³/mol. The number of para-hydroxylation sites is 2. The van der Waals surface area contributed by atoms with Gasteiger partial charge < -0.3 is 14.2 Å². The highest BCUT2D eigenvalue weighted by Crippen LogP contribution is 2.20. The molecule has 6 heteroatoms. The summed E-state index contributed by atoms with van der Waals surface area (Å²) in [5, 5.41) is 0. The van der Waals surface area contributed by atoms with Gasteiger partial charge in [-0.25, -0.2) is 9.37 Å². The van der Waals surface area contributed by atoms with E-state index in [2.05, 4.69) is 11.5 Å². The number of aromatic nitrogens is 2. The zero-order chi connectivity index (χ0) is 21.8. The van der Waals surface area contributed by atoms with Gasteiger partial charge in [0.05, 0.1) is 17.6 Å². The maximum absolute atomic E-state index is 13.0. The van der Waals surface area contributed by atoms with Gasteiger partial charge in [0.2, 0.25) is 0 Å². The van der Waals surface area contributed by atoms with Crippen LogP contribution in [0.25, 0.3) is 11.0 Å². The first-order valence-corrected chi connectivity index (χ1v) is 10.2. The first-order chi connectivity index (χ1) is 15.0. The molecule has 5 nitrogen and oxygen atoms in total. The van der Waals surface area contributed by atoms with Crippen molar-refractivity contribution in [2.24, 2.45) is 0 Å². The van der Waals surface area contributed by atoms with E-state index in [9.17, 15) is 9.18 Å². The Labute approximate surface area is 180 Å². The Morgan fingerprint density at radius 3 is 2.61 bits per heavy atom. The van der Waals surface area contributed by atoms with Crippen molar-refractivity contribution < 1.29 is 13.9 Å². The van der Waals surface area contributed by atoms with Crippen LogP contribution in [0.5, 0.6) is 5.75 Å². The molecule has 0 unspecified atom stereocenters. The normalized spacial score (nSPS) is 10.9. The average Bonchev–Trinajstić information content (AvgIpc) is 3.15. The number of fused-ring (bicyclic) bond motifs is 1. The van der Waals surface area contributed by atoms with Crippen LogP contribution in [0.3, 0.4) is 0 Å². The molecule has 0 fully saturated rings. The second kappa shape index (κ2) is 9.00. The molecule has 158 valence electrons. The lowest BCUT2D eigenvalue weighted by molar-refractivity contribution is 0.0780. The van der Waals surface area contributed by atoms with Crippen LogP contribution in [0, 0.1) is 5.82 Å².